The second kappa shape index (κ2) is 13.9. The SMILES string of the molecule is CCCNC(=O)[C@H](C)N(Cc1ccc(F)cc1)C(=O)CN(c1ccc(F)cc1)S(=O)(=O)c1ccc(OC)c(OC)c1. The monoisotopic (exact) mass is 589 g/mol. The van der Waals surface area contributed by atoms with Crippen molar-refractivity contribution in [3.05, 3.63) is 83.9 Å². The highest BCUT2D eigenvalue weighted by atomic mass is 32.2. The Bertz CT molecular complexity index is 1450. The molecule has 0 aromatic heterocycles. The highest BCUT2D eigenvalue weighted by Crippen LogP contribution is 2.32. The Morgan fingerprint density at radius 2 is 1.49 bits per heavy atom. The minimum atomic E-state index is -4.41. The molecular formula is C29H33F2N3O6S. The maximum Gasteiger partial charge on any atom is 0.264 e. The summed E-state index contributed by atoms with van der Waals surface area (Å²) in [5.41, 5.74) is 0.560. The zero-order chi connectivity index (χ0) is 30.2. The smallest absolute Gasteiger partial charge is 0.264 e. The summed E-state index contributed by atoms with van der Waals surface area (Å²) < 4.78 is 66.4. The molecule has 0 unspecified atom stereocenters. The summed E-state index contributed by atoms with van der Waals surface area (Å²) in [6.07, 6.45) is 0.673. The number of carbonyl (C=O) groups is 2. The van der Waals surface area contributed by atoms with Crippen molar-refractivity contribution in [2.45, 2.75) is 37.8 Å². The molecule has 3 rings (SSSR count). The number of carbonyl (C=O) groups excluding carboxylic acids is 2. The second-order valence-electron chi connectivity index (χ2n) is 9.12. The molecule has 0 aliphatic heterocycles. The summed E-state index contributed by atoms with van der Waals surface area (Å²) >= 11 is 0. The van der Waals surface area contributed by atoms with E-state index in [1.54, 1.807) is 0 Å². The van der Waals surface area contributed by atoms with Crippen LogP contribution in [0.25, 0.3) is 0 Å². The predicted molar refractivity (Wildman–Crippen MR) is 150 cm³/mol. The molecule has 41 heavy (non-hydrogen) atoms. The van der Waals surface area contributed by atoms with Crippen molar-refractivity contribution in [1.82, 2.24) is 10.2 Å². The predicted octanol–water partition coefficient (Wildman–Crippen LogP) is 4.12. The van der Waals surface area contributed by atoms with Crippen molar-refractivity contribution in [3.8, 4) is 11.5 Å². The zero-order valence-corrected chi connectivity index (χ0v) is 24.1. The van der Waals surface area contributed by atoms with Gasteiger partial charge >= 0.3 is 0 Å². The molecule has 0 aliphatic carbocycles. The van der Waals surface area contributed by atoms with Crippen LogP contribution in [0.15, 0.2) is 71.6 Å². The molecule has 9 nitrogen and oxygen atoms in total. The van der Waals surface area contributed by atoms with Crippen LogP contribution in [0.1, 0.15) is 25.8 Å². The number of anilines is 1. The summed E-state index contributed by atoms with van der Waals surface area (Å²) in [6, 6.07) is 13.0. The van der Waals surface area contributed by atoms with Crippen molar-refractivity contribution < 1.29 is 36.3 Å². The number of benzene rings is 3. The van der Waals surface area contributed by atoms with E-state index in [4.69, 9.17) is 9.47 Å². The third-order valence-corrected chi connectivity index (χ3v) is 8.09. The van der Waals surface area contributed by atoms with E-state index in [1.807, 2.05) is 6.92 Å². The van der Waals surface area contributed by atoms with Crippen molar-refractivity contribution in [2.75, 3.05) is 31.6 Å². The van der Waals surface area contributed by atoms with Crippen molar-refractivity contribution in [3.63, 3.8) is 0 Å². The van der Waals surface area contributed by atoms with Crippen LogP contribution in [0.5, 0.6) is 11.5 Å². The Balaban J connectivity index is 2.05. The van der Waals surface area contributed by atoms with Crippen LogP contribution in [0.3, 0.4) is 0 Å². The Morgan fingerprint density at radius 1 is 0.902 bits per heavy atom. The first-order chi connectivity index (χ1) is 19.5. The number of halogens is 2. The number of nitrogens with zero attached hydrogens (tertiary/aromatic N) is 2. The standard InChI is InChI=1S/C29H33F2N3O6S/c1-5-16-32-29(36)20(2)33(18-21-6-8-22(30)9-7-21)28(35)19-34(24-12-10-23(31)11-13-24)41(37,38)25-14-15-26(39-3)27(17-25)40-4/h6-15,17,20H,5,16,18-19H2,1-4H3,(H,32,36)/t20-/m0/s1. The molecule has 2 amide bonds. The number of rotatable bonds is 13. The van der Waals surface area contributed by atoms with Gasteiger partial charge < -0.3 is 19.7 Å². The molecule has 0 saturated carbocycles. The Morgan fingerprint density at radius 3 is 2.05 bits per heavy atom. The molecule has 12 heteroatoms. The first kappa shape index (κ1) is 31.3. The molecule has 0 spiro atoms. The van der Waals surface area contributed by atoms with E-state index >= 15 is 0 Å². The van der Waals surface area contributed by atoms with Gasteiger partial charge in [0.1, 0.15) is 24.2 Å². The third-order valence-electron chi connectivity index (χ3n) is 6.32. The van der Waals surface area contributed by atoms with Crippen molar-refractivity contribution >= 4 is 27.5 Å². The van der Waals surface area contributed by atoms with Gasteiger partial charge in [0.15, 0.2) is 11.5 Å². The fourth-order valence-corrected chi connectivity index (χ4v) is 5.44. The molecule has 1 N–H and O–H groups in total. The molecule has 3 aromatic rings. The van der Waals surface area contributed by atoms with Crippen LogP contribution >= 0.6 is 0 Å². The lowest BCUT2D eigenvalue weighted by Crippen LogP contribution is -2.51. The molecular weight excluding hydrogens is 556 g/mol. The lowest BCUT2D eigenvalue weighted by atomic mass is 10.1. The highest BCUT2D eigenvalue weighted by Gasteiger charge is 2.33. The summed E-state index contributed by atoms with van der Waals surface area (Å²) in [4.78, 5) is 27.7. The van der Waals surface area contributed by atoms with Gasteiger partial charge in [0.2, 0.25) is 11.8 Å². The molecule has 1 atom stereocenters. The quantitative estimate of drug-likeness (QED) is 0.322. The average molecular weight is 590 g/mol. The minimum absolute atomic E-state index is 0.0272. The summed E-state index contributed by atoms with van der Waals surface area (Å²) in [5, 5.41) is 2.74. The normalized spacial score (nSPS) is 11.9. The van der Waals surface area contributed by atoms with Gasteiger partial charge in [-0.15, -0.1) is 0 Å². The summed E-state index contributed by atoms with van der Waals surface area (Å²) in [5.74, 6) is -1.75. The fourth-order valence-electron chi connectivity index (χ4n) is 4.01. The number of hydrogen-bond acceptors (Lipinski definition) is 6. The van der Waals surface area contributed by atoms with Gasteiger partial charge in [-0.05, 0) is 67.4 Å². The zero-order valence-electron chi connectivity index (χ0n) is 23.3. The summed E-state index contributed by atoms with van der Waals surface area (Å²) in [6.45, 7) is 2.99. The van der Waals surface area contributed by atoms with E-state index in [0.29, 0.717) is 24.3 Å². The number of ether oxygens (including phenoxy) is 2. The van der Waals surface area contributed by atoms with Crippen LogP contribution in [0.4, 0.5) is 14.5 Å². The molecule has 0 radical (unpaired) electrons. The van der Waals surface area contributed by atoms with Gasteiger partial charge in [-0.2, -0.15) is 0 Å². The first-order valence-corrected chi connectivity index (χ1v) is 14.3. The Labute approximate surface area is 238 Å². The van der Waals surface area contributed by atoms with Crippen LogP contribution in [-0.4, -0.2) is 58.5 Å². The molecule has 0 aliphatic rings. The van der Waals surface area contributed by atoms with E-state index in [0.717, 1.165) is 16.4 Å². The van der Waals surface area contributed by atoms with Gasteiger partial charge in [-0.25, -0.2) is 17.2 Å². The van der Waals surface area contributed by atoms with E-state index in [2.05, 4.69) is 5.32 Å². The highest BCUT2D eigenvalue weighted by molar-refractivity contribution is 7.92. The number of methoxy groups -OCH3 is 2. The maximum absolute atomic E-state index is 13.9. The van der Waals surface area contributed by atoms with Gasteiger partial charge in [-0.1, -0.05) is 19.1 Å². The molecule has 3 aromatic carbocycles. The topological polar surface area (TPSA) is 105 Å². The number of amides is 2. The van der Waals surface area contributed by atoms with Gasteiger partial charge in [0, 0.05) is 19.2 Å². The van der Waals surface area contributed by atoms with E-state index in [9.17, 15) is 26.8 Å². The van der Waals surface area contributed by atoms with E-state index in [-0.39, 0.29) is 22.9 Å². The maximum atomic E-state index is 13.9. The molecule has 0 saturated heterocycles. The van der Waals surface area contributed by atoms with Crippen LogP contribution in [0.2, 0.25) is 0 Å². The van der Waals surface area contributed by atoms with Gasteiger partial charge in [-0.3, -0.25) is 13.9 Å². The largest absolute Gasteiger partial charge is 0.493 e. The van der Waals surface area contributed by atoms with Crippen molar-refractivity contribution in [1.29, 1.82) is 0 Å². The first-order valence-electron chi connectivity index (χ1n) is 12.8. The lowest BCUT2D eigenvalue weighted by Gasteiger charge is -2.32. The van der Waals surface area contributed by atoms with E-state index in [1.165, 1.54) is 80.6 Å². The van der Waals surface area contributed by atoms with Crippen LogP contribution < -0.4 is 19.1 Å². The Hall–Kier alpha value is -4.19. The third kappa shape index (κ3) is 7.72. The molecule has 0 bridgehead atoms. The van der Waals surface area contributed by atoms with Crippen LogP contribution in [-0.2, 0) is 26.2 Å². The van der Waals surface area contributed by atoms with Crippen molar-refractivity contribution in [2.24, 2.45) is 0 Å². The van der Waals surface area contributed by atoms with Gasteiger partial charge in [0.25, 0.3) is 10.0 Å². The summed E-state index contributed by atoms with van der Waals surface area (Å²) in [7, 11) is -1.65. The average Bonchev–Trinajstić information content (AvgIpc) is 2.97. The number of nitrogens with one attached hydrogen (secondary N) is 1. The van der Waals surface area contributed by atoms with E-state index < -0.39 is 46.1 Å². The Kier molecular flexibility index (Phi) is 10.6. The second-order valence-corrected chi connectivity index (χ2v) is 11.0. The van der Waals surface area contributed by atoms with Crippen LogP contribution in [0, 0.1) is 11.6 Å². The number of hydrogen-bond donors (Lipinski definition) is 1. The molecule has 220 valence electrons. The minimum Gasteiger partial charge on any atom is -0.493 e. The number of sulfonamides is 1. The molecule has 0 heterocycles. The van der Waals surface area contributed by atoms with Gasteiger partial charge in [0.05, 0.1) is 24.8 Å². The molecule has 0 fully saturated rings. The lowest BCUT2D eigenvalue weighted by molar-refractivity contribution is -0.139. The fraction of sp³-hybridized carbons (Fsp3) is 0.310.